The summed E-state index contributed by atoms with van der Waals surface area (Å²) in [6, 6.07) is 5.24. The van der Waals surface area contributed by atoms with Crippen LogP contribution in [0.4, 0.5) is 0 Å². The summed E-state index contributed by atoms with van der Waals surface area (Å²) in [6.45, 7) is 8.33. The van der Waals surface area contributed by atoms with Crippen molar-refractivity contribution in [1.29, 1.82) is 0 Å². The van der Waals surface area contributed by atoms with Gasteiger partial charge >= 0.3 is 0 Å². The van der Waals surface area contributed by atoms with Crippen LogP contribution in [0.15, 0.2) is 30.4 Å². The molecule has 1 rings (SSSR count). The van der Waals surface area contributed by atoms with Gasteiger partial charge in [-0.05, 0) is 49.3 Å². The van der Waals surface area contributed by atoms with Gasteiger partial charge in [0.1, 0.15) is 5.78 Å². The number of methoxy groups -OCH3 is 1. The summed E-state index contributed by atoms with van der Waals surface area (Å²) >= 11 is 0. The summed E-state index contributed by atoms with van der Waals surface area (Å²) in [4.78, 5) is 11.9. The summed E-state index contributed by atoms with van der Waals surface area (Å²) in [7, 11) is 1.53. The lowest BCUT2D eigenvalue weighted by Gasteiger charge is -2.06. The smallest absolute Gasteiger partial charge is 0.160 e. The highest BCUT2D eigenvalue weighted by Crippen LogP contribution is 2.26. The third-order valence-corrected chi connectivity index (χ3v) is 3.53. The molecule has 0 aliphatic rings. The van der Waals surface area contributed by atoms with E-state index in [1.807, 2.05) is 19.9 Å². The van der Waals surface area contributed by atoms with Crippen molar-refractivity contribution in [3.63, 3.8) is 0 Å². The minimum Gasteiger partial charge on any atom is -0.504 e. The maximum absolute atomic E-state index is 11.9. The largest absolute Gasteiger partial charge is 0.504 e. The van der Waals surface area contributed by atoms with Gasteiger partial charge < -0.3 is 9.84 Å². The van der Waals surface area contributed by atoms with Gasteiger partial charge in [-0.15, -0.1) is 0 Å². The predicted molar refractivity (Wildman–Crippen MR) is 102 cm³/mol. The number of rotatable bonds is 10. The zero-order chi connectivity index (χ0) is 18.4. The SMILES string of the molecule is CC.COc1cc(CCC(=O)CCCC/C=C/C(C)C)ccc1O. The zero-order valence-corrected chi connectivity index (χ0v) is 16.0. The molecule has 0 atom stereocenters. The van der Waals surface area contributed by atoms with Gasteiger partial charge in [0.25, 0.3) is 0 Å². The van der Waals surface area contributed by atoms with Crippen molar-refractivity contribution in [1.82, 2.24) is 0 Å². The number of carbonyl (C=O) groups excluding carboxylic acids is 1. The number of carbonyl (C=O) groups is 1. The predicted octanol–water partition coefficient (Wildman–Crippen LogP) is 5.70. The Hall–Kier alpha value is -1.77. The molecule has 0 aliphatic heterocycles. The first-order valence-corrected chi connectivity index (χ1v) is 9.07. The molecule has 0 heterocycles. The number of phenols is 1. The van der Waals surface area contributed by atoms with E-state index in [0.29, 0.717) is 36.7 Å². The lowest BCUT2D eigenvalue weighted by atomic mass is 10.0. The average molecular weight is 335 g/mol. The molecule has 1 aromatic rings. The van der Waals surface area contributed by atoms with Crippen molar-refractivity contribution in [2.75, 3.05) is 7.11 Å². The second kappa shape index (κ2) is 13.6. The van der Waals surface area contributed by atoms with E-state index >= 15 is 0 Å². The molecule has 0 aliphatic carbocycles. The molecule has 0 aromatic heterocycles. The fourth-order valence-corrected chi connectivity index (χ4v) is 2.24. The first-order chi connectivity index (χ1) is 11.5. The molecule has 0 amide bonds. The van der Waals surface area contributed by atoms with Crippen LogP contribution >= 0.6 is 0 Å². The summed E-state index contributed by atoms with van der Waals surface area (Å²) in [5.41, 5.74) is 1.02. The first kappa shape index (κ1) is 22.2. The lowest BCUT2D eigenvalue weighted by molar-refractivity contribution is -0.119. The molecule has 0 radical (unpaired) electrons. The topological polar surface area (TPSA) is 46.5 Å². The summed E-state index contributed by atoms with van der Waals surface area (Å²) in [5.74, 6) is 1.50. The zero-order valence-electron chi connectivity index (χ0n) is 16.0. The highest BCUT2D eigenvalue weighted by molar-refractivity contribution is 5.78. The molecule has 0 fully saturated rings. The Morgan fingerprint density at radius 2 is 1.92 bits per heavy atom. The fourth-order valence-electron chi connectivity index (χ4n) is 2.24. The Kier molecular flexibility index (Phi) is 12.6. The van der Waals surface area contributed by atoms with Crippen LogP contribution in [0, 0.1) is 5.92 Å². The van der Waals surface area contributed by atoms with Crippen LogP contribution in [0.1, 0.15) is 65.4 Å². The molecule has 24 heavy (non-hydrogen) atoms. The fraction of sp³-hybridized carbons (Fsp3) is 0.571. The molecular weight excluding hydrogens is 300 g/mol. The van der Waals surface area contributed by atoms with Crippen molar-refractivity contribution in [3.8, 4) is 11.5 Å². The van der Waals surface area contributed by atoms with Crippen molar-refractivity contribution >= 4 is 5.78 Å². The minimum absolute atomic E-state index is 0.132. The van der Waals surface area contributed by atoms with Crippen molar-refractivity contribution in [2.24, 2.45) is 5.92 Å². The van der Waals surface area contributed by atoms with Gasteiger partial charge in [0.05, 0.1) is 7.11 Å². The van der Waals surface area contributed by atoms with Gasteiger partial charge in [0, 0.05) is 12.8 Å². The average Bonchev–Trinajstić information content (AvgIpc) is 2.58. The molecule has 3 nitrogen and oxygen atoms in total. The third-order valence-electron chi connectivity index (χ3n) is 3.53. The molecule has 1 aromatic carbocycles. The number of Topliss-reactive ketones (excluding diaryl/α,β-unsaturated/α-hetero) is 1. The van der Waals surface area contributed by atoms with Crippen molar-refractivity contribution in [2.45, 2.75) is 66.2 Å². The summed E-state index contributed by atoms with van der Waals surface area (Å²) in [6.07, 6.45) is 9.41. The second-order valence-corrected chi connectivity index (χ2v) is 5.96. The third kappa shape index (κ3) is 10.1. The van der Waals surface area contributed by atoms with E-state index in [1.165, 1.54) is 7.11 Å². The number of ketones is 1. The summed E-state index contributed by atoms with van der Waals surface area (Å²) < 4.78 is 5.07. The van der Waals surface area contributed by atoms with Crippen LogP contribution in [-0.2, 0) is 11.2 Å². The van der Waals surface area contributed by atoms with Crippen LogP contribution < -0.4 is 4.74 Å². The van der Waals surface area contributed by atoms with E-state index in [1.54, 1.807) is 12.1 Å². The Balaban J connectivity index is 0.00000254. The normalized spacial score (nSPS) is 10.6. The molecule has 0 unspecified atom stereocenters. The monoisotopic (exact) mass is 334 g/mol. The van der Waals surface area contributed by atoms with Crippen LogP contribution in [0.3, 0.4) is 0 Å². The Bertz CT molecular complexity index is 490. The molecule has 0 spiro atoms. The standard InChI is InChI=1S/C19H28O3.C2H6/c1-15(2)8-6-4-5-7-9-17(20)12-10-16-11-13-18(21)19(14-16)22-3;1-2/h6,8,11,13-15,21H,4-5,7,9-10,12H2,1-3H3;1-2H3/b8-6+;. The Morgan fingerprint density at radius 3 is 2.54 bits per heavy atom. The van der Waals surface area contributed by atoms with Gasteiger partial charge in [-0.1, -0.05) is 45.9 Å². The number of benzene rings is 1. The van der Waals surface area contributed by atoms with Gasteiger partial charge in [0.2, 0.25) is 0 Å². The number of hydrogen-bond acceptors (Lipinski definition) is 3. The van der Waals surface area contributed by atoms with E-state index in [0.717, 1.165) is 24.8 Å². The van der Waals surface area contributed by atoms with Crippen molar-refractivity contribution < 1.29 is 14.6 Å². The van der Waals surface area contributed by atoms with Gasteiger partial charge in [0.15, 0.2) is 11.5 Å². The van der Waals surface area contributed by atoms with E-state index in [4.69, 9.17) is 4.74 Å². The van der Waals surface area contributed by atoms with Crippen molar-refractivity contribution in [3.05, 3.63) is 35.9 Å². The van der Waals surface area contributed by atoms with Gasteiger partial charge in [-0.2, -0.15) is 0 Å². The highest BCUT2D eigenvalue weighted by atomic mass is 16.5. The number of allylic oxidation sites excluding steroid dienone is 2. The van der Waals surface area contributed by atoms with E-state index < -0.39 is 0 Å². The first-order valence-electron chi connectivity index (χ1n) is 9.07. The van der Waals surface area contributed by atoms with Crippen LogP contribution in [0.25, 0.3) is 0 Å². The Morgan fingerprint density at radius 1 is 1.21 bits per heavy atom. The van der Waals surface area contributed by atoms with Gasteiger partial charge in [-0.25, -0.2) is 0 Å². The quantitative estimate of drug-likeness (QED) is 0.441. The lowest BCUT2D eigenvalue weighted by Crippen LogP contribution is -2.00. The van der Waals surface area contributed by atoms with E-state index in [2.05, 4.69) is 26.0 Å². The maximum atomic E-state index is 11.9. The second-order valence-electron chi connectivity index (χ2n) is 5.96. The molecule has 1 N–H and O–H groups in total. The number of unbranched alkanes of at least 4 members (excludes halogenated alkanes) is 2. The molecule has 0 saturated carbocycles. The molecule has 0 bridgehead atoms. The minimum atomic E-state index is 0.132. The van der Waals surface area contributed by atoms with Crippen LogP contribution in [0.5, 0.6) is 11.5 Å². The van der Waals surface area contributed by atoms with Crippen LogP contribution in [0.2, 0.25) is 0 Å². The molecule has 0 saturated heterocycles. The van der Waals surface area contributed by atoms with Crippen LogP contribution in [-0.4, -0.2) is 18.0 Å². The van der Waals surface area contributed by atoms with Gasteiger partial charge in [-0.3, -0.25) is 4.79 Å². The highest BCUT2D eigenvalue weighted by Gasteiger charge is 2.06. The van der Waals surface area contributed by atoms with E-state index in [9.17, 15) is 9.90 Å². The summed E-state index contributed by atoms with van der Waals surface area (Å²) in [5, 5.41) is 9.54. The number of aromatic hydroxyl groups is 1. The molecule has 3 heteroatoms. The molecular formula is C21H34O3. The maximum Gasteiger partial charge on any atom is 0.160 e. The molecule has 136 valence electrons. The number of hydrogen-bond donors (Lipinski definition) is 1. The number of aryl methyl sites for hydroxylation is 1. The Labute approximate surface area is 147 Å². The number of ether oxygens (including phenoxy) is 1. The number of phenolic OH excluding ortho intramolecular Hbond substituents is 1. The van der Waals surface area contributed by atoms with E-state index in [-0.39, 0.29) is 5.75 Å².